The van der Waals surface area contributed by atoms with E-state index in [9.17, 15) is 0 Å². The van der Waals surface area contributed by atoms with E-state index in [0.717, 1.165) is 11.3 Å². The van der Waals surface area contributed by atoms with E-state index in [1.54, 1.807) is 12.4 Å². The summed E-state index contributed by atoms with van der Waals surface area (Å²) in [7, 11) is 0. The van der Waals surface area contributed by atoms with Gasteiger partial charge in [-0.3, -0.25) is 4.98 Å². The molecule has 0 bridgehead atoms. The van der Waals surface area contributed by atoms with Gasteiger partial charge in [0.25, 0.3) is 0 Å². The summed E-state index contributed by atoms with van der Waals surface area (Å²) in [5, 5.41) is 0. The molecule has 0 fully saturated rings. The molecule has 2 N–H and O–H groups in total. The number of nitrogen functional groups attached to an aromatic ring is 1. The predicted molar refractivity (Wildman–Crippen MR) is 62.0 cm³/mol. The number of anilines is 1. The lowest BCUT2D eigenvalue weighted by Gasteiger charge is -2.08. The van der Waals surface area contributed by atoms with Crippen molar-refractivity contribution < 1.29 is 4.74 Å². The number of nitrogens with two attached hydrogens (primary N) is 1. The molecule has 82 valence electrons. The van der Waals surface area contributed by atoms with Crippen molar-refractivity contribution in [3.05, 3.63) is 47.9 Å². The molecule has 4 nitrogen and oxygen atoms in total. The van der Waals surface area contributed by atoms with Crippen molar-refractivity contribution >= 4 is 5.82 Å². The second-order valence-corrected chi connectivity index (χ2v) is 3.48. The molecule has 2 aromatic rings. The summed E-state index contributed by atoms with van der Waals surface area (Å²) in [6.07, 6.45) is 3.46. The second kappa shape index (κ2) is 4.61. The Kier molecular flexibility index (Phi) is 3.00. The van der Waals surface area contributed by atoms with Crippen LogP contribution in [0, 0.1) is 6.92 Å². The average Bonchev–Trinajstić information content (AvgIpc) is 2.29. The van der Waals surface area contributed by atoms with Gasteiger partial charge in [-0.2, -0.15) is 0 Å². The van der Waals surface area contributed by atoms with Crippen LogP contribution in [0.3, 0.4) is 0 Å². The van der Waals surface area contributed by atoms with Crippen LogP contribution in [0.15, 0.2) is 36.7 Å². The van der Waals surface area contributed by atoms with Crippen molar-refractivity contribution in [2.75, 3.05) is 5.73 Å². The highest BCUT2D eigenvalue weighted by Crippen LogP contribution is 2.19. The largest absolute Gasteiger partial charge is 0.485 e. The molecular formula is C12H13N3O. The van der Waals surface area contributed by atoms with Crippen LogP contribution in [0.5, 0.6) is 5.75 Å². The lowest BCUT2D eigenvalue weighted by Crippen LogP contribution is -2.01. The van der Waals surface area contributed by atoms with E-state index in [4.69, 9.17) is 10.5 Å². The van der Waals surface area contributed by atoms with Gasteiger partial charge in [-0.05, 0) is 36.8 Å². The molecule has 4 heteroatoms. The number of aryl methyl sites for hydroxylation is 1. The number of nitrogens with zero attached hydrogens (tertiary/aromatic N) is 2. The summed E-state index contributed by atoms with van der Waals surface area (Å²) in [4.78, 5) is 8.06. The molecule has 0 aliphatic heterocycles. The van der Waals surface area contributed by atoms with Gasteiger partial charge in [-0.1, -0.05) is 0 Å². The van der Waals surface area contributed by atoms with Gasteiger partial charge in [0.05, 0.1) is 0 Å². The van der Waals surface area contributed by atoms with Crippen LogP contribution in [0.4, 0.5) is 5.82 Å². The highest BCUT2D eigenvalue weighted by Gasteiger charge is 2.01. The minimum atomic E-state index is 0.425. The third-order valence-electron chi connectivity index (χ3n) is 2.17. The van der Waals surface area contributed by atoms with E-state index in [0.29, 0.717) is 18.2 Å². The summed E-state index contributed by atoms with van der Waals surface area (Å²) < 4.78 is 5.56. The third kappa shape index (κ3) is 2.48. The molecule has 0 saturated carbocycles. The molecule has 2 rings (SSSR count). The number of hydrogen-bond donors (Lipinski definition) is 1. The number of aromatic nitrogens is 2. The summed E-state index contributed by atoms with van der Waals surface area (Å²) in [6, 6.07) is 7.51. The number of hydrogen-bond acceptors (Lipinski definition) is 4. The number of pyridine rings is 2. The maximum absolute atomic E-state index is 5.74. The van der Waals surface area contributed by atoms with Gasteiger partial charge >= 0.3 is 0 Å². The van der Waals surface area contributed by atoms with Crippen LogP contribution < -0.4 is 10.5 Å². The first kappa shape index (κ1) is 10.4. The van der Waals surface area contributed by atoms with E-state index in [1.165, 1.54) is 0 Å². The summed E-state index contributed by atoms with van der Waals surface area (Å²) in [6.45, 7) is 2.36. The normalized spacial score (nSPS) is 10.1. The summed E-state index contributed by atoms with van der Waals surface area (Å²) >= 11 is 0. The van der Waals surface area contributed by atoms with E-state index in [1.807, 2.05) is 31.2 Å². The SMILES string of the molecule is Cc1ccc(OCc2ccncc2)c(N)n1. The first-order chi connectivity index (χ1) is 7.75. The molecule has 0 aliphatic rings. The van der Waals surface area contributed by atoms with Crippen LogP contribution in [0.25, 0.3) is 0 Å². The van der Waals surface area contributed by atoms with E-state index < -0.39 is 0 Å². The second-order valence-electron chi connectivity index (χ2n) is 3.48. The smallest absolute Gasteiger partial charge is 0.166 e. The number of ether oxygens (including phenoxy) is 1. The fraction of sp³-hybridized carbons (Fsp3) is 0.167. The topological polar surface area (TPSA) is 61.0 Å². The van der Waals surface area contributed by atoms with Crippen molar-refractivity contribution in [1.29, 1.82) is 0 Å². The molecule has 0 saturated heterocycles. The zero-order chi connectivity index (χ0) is 11.4. The molecule has 2 heterocycles. The lowest BCUT2D eigenvalue weighted by atomic mass is 10.3. The van der Waals surface area contributed by atoms with Crippen molar-refractivity contribution in [2.45, 2.75) is 13.5 Å². The maximum Gasteiger partial charge on any atom is 0.166 e. The van der Waals surface area contributed by atoms with Gasteiger partial charge in [0.15, 0.2) is 11.6 Å². The van der Waals surface area contributed by atoms with Crippen molar-refractivity contribution in [2.24, 2.45) is 0 Å². The Bertz CT molecular complexity index is 471. The Morgan fingerprint density at radius 2 is 1.94 bits per heavy atom. The zero-order valence-electron chi connectivity index (χ0n) is 9.05. The van der Waals surface area contributed by atoms with Gasteiger partial charge < -0.3 is 10.5 Å². The zero-order valence-corrected chi connectivity index (χ0v) is 9.05. The molecular weight excluding hydrogens is 202 g/mol. The van der Waals surface area contributed by atoms with Gasteiger partial charge in [-0.15, -0.1) is 0 Å². The van der Waals surface area contributed by atoms with Crippen molar-refractivity contribution in [3.8, 4) is 5.75 Å². The Morgan fingerprint density at radius 3 is 2.62 bits per heavy atom. The van der Waals surface area contributed by atoms with Gasteiger partial charge in [0.1, 0.15) is 6.61 Å². The first-order valence-corrected chi connectivity index (χ1v) is 5.00. The highest BCUT2D eigenvalue weighted by molar-refractivity contribution is 5.46. The number of rotatable bonds is 3. The van der Waals surface area contributed by atoms with Crippen molar-refractivity contribution in [3.63, 3.8) is 0 Å². The van der Waals surface area contributed by atoms with E-state index in [-0.39, 0.29) is 0 Å². The predicted octanol–water partition coefficient (Wildman–Crippen LogP) is 1.95. The van der Waals surface area contributed by atoms with Gasteiger partial charge in [0.2, 0.25) is 0 Å². The Balaban J connectivity index is 2.05. The summed E-state index contributed by atoms with van der Waals surface area (Å²) in [5.41, 5.74) is 7.67. The molecule has 0 spiro atoms. The molecule has 2 aromatic heterocycles. The molecule has 0 aliphatic carbocycles. The maximum atomic E-state index is 5.74. The molecule has 0 radical (unpaired) electrons. The molecule has 0 aromatic carbocycles. The standard InChI is InChI=1S/C12H13N3O/c1-9-2-3-11(12(13)15-9)16-8-10-4-6-14-7-5-10/h2-7H,8H2,1H3,(H2,13,15). The summed E-state index contributed by atoms with van der Waals surface area (Å²) in [5.74, 6) is 1.04. The molecule has 16 heavy (non-hydrogen) atoms. The van der Waals surface area contributed by atoms with Crippen LogP contribution in [0.2, 0.25) is 0 Å². The fourth-order valence-electron chi connectivity index (χ4n) is 1.33. The van der Waals surface area contributed by atoms with Gasteiger partial charge in [-0.25, -0.2) is 4.98 Å². The molecule has 0 atom stereocenters. The minimum absolute atomic E-state index is 0.425. The average molecular weight is 215 g/mol. The first-order valence-electron chi connectivity index (χ1n) is 5.00. The third-order valence-corrected chi connectivity index (χ3v) is 2.17. The Morgan fingerprint density at radius 1 is 1.19 bits per heavy atom. The molecule has 0 unspecified atom stereocenters. The van der Waals surface area contributed by atoms with E-state index >= 15 is 0 Å². The van der Waals surface area contributed by atoms with E-state index in [2.05, 4.69) is 9.97 Å². The van der Waals surface area contributed by atoms with Crippen LogP contribution in [-0.2, 0) is 6.61 Å². The Hall–Kier alpha value is -2.10. The fourth-order valence-corrected chi connectivity index (χ4v) is 1.33. The van der Waals surface area contributed by atoms with Crippen molar-refractivity contribution in [1.82, 2.24) is 9.97 Å². The van der Waals surface area contributed by atoms with Crippen LogP contribution in [-0.4, -0.2) is 9.97 Å². The quantitative estimate of drug-likeness (QED) is 0.850. The van der Waals surface area contributed by atoms with Crippen LogP contribution >= 0.6 is 0 Å². The van der Waals surface area contributed by atoms with Gasteiger partial charge in [0, 0.05) is 18.1 Å². The molecule has 0 amide bonds. The van der Waals surface area contributed by atoms with Crippen LogP contribution in [0.1, 0.15) is 11.3 Å². The minimum Gasteiger partial charge on any atom is -0.485 e. The Labute approximate surface area is 94.1 Å². The lowest BCUT2D eigenvalue weighted by molar-refractivity contribution is 0.306. The highest BCUT2D eigenvalue weighted by atomic mass is 16.5. The monoisotopic (exact) mass is 215 g/mol.